The van der Waals surface area contributed by atoms with Crippen LogP contribution >= 0.6 is 11.6 Å². The molecule has 0 atom stereocenters. The number of nitrogens with one attached hydrogen (secondary N) is 1. The average molecular weight is 294 g/mol. The number of benzene rings is 2. The Morgan fingerprint density at radius 2 is 1.90 bits per heavy atom. The molecular formula is C14H9ClFNO3. The Labute approximate surface area is 118 Å². The lowest BCUT2D eigenvalue weighted by Gasteiger charge is -2.09. The number of anilines is 1. The van der Waals surface area contributed by atoms with Crippen molar-refractivity contribution in [2.45, 2.75) is 0 Å². The van der Waals surface area contributed by atoms with Crippen molar-refractivity contribution in [3.05, 3.63) is 64.4 Å². The first-order valence-electron chi connectivity index (χ1n) is 5.57. The van der Waals surface area contributed by atoms with Crippen molar-refractivity contribution in [2.24, 2.45) is 0 Å². The van der Waals surface area contributed by atoms with Crippen LogP contribution in [0.4, 0.5) is 10.1 Å². The lowest BCUT2D eigenvalue weighted by atomic mass is 10.1. The van der Waals surface area contributed by atoms with Crippen molar-refractivity contribution >= 4 is 29.2 Å². The molecule has 20 heavy (non-hydrogen) atoms. The van der Waals surface area contributed by atoms with Crippen molar-refractivity contribution < 1.29 is 19.1 Å². The maximum atomic E-state index is 13.0. The van der Waals surface area contributed by atoms with E-state index in [1.54, 1.807) is 0 Å². The van der Waals surface area contributed by atoms with Gasteiger partial charge in [-0.2, -0.15) is 0 Å². The van der Waals surface area contributed by atoms with Gasteiger partial charge in [-0.25, -0.2) is 9.18 Å². The van der Waals surface area contributed by atoms with Crippen molar-refractivity contribution in [1.82, 2.24) is 0 Å². The molecule has 0 saturated heterocycles. The molecule has 0 aromatic heterocycles. The number of carboxylic acids is 1. The molecule has 0 saturated carbocycles. The topological polar surface area (TPSA) is 66.4 Å². The number of hydrogen-bond donors (Lipinski definition) is 2. The second-order valence-electron chi connectivity index (χ2n) is 3.96. The van der Waals surface area contributed by atoms with E-state index in [4.69, 9.17) is 16.7 Å². The fourth-order valence-corrected chi connectivity index (χ4v) is 1.80. The van der Waals surface area contributed by atoms with Gasteiger partial charge >= 0.3 is 5.97 Å². The van der Waals surface area contributed by atoms with Crippen molar-refractivity contribution in [1.29, 1.82) is 0 Å². The molecule has 0 heterocycles. The molecule has 2 aromatic carbocycles. The zero-order valence-electron chi connectivity index (χ0n) is 10.1. The van der Waals surface area contributed by atoms with E-state index in [0.717, 1.165) is 6.07 Å². The smallest absolute Gasteiger partial charge is 0.337 e. The highest BCUT2D eigenvalue weighted by atomic mass is 35.5. The molecule has 1 amide bonds. The van der Waals surface area contributed by atoms with Crippen LogP contribution in [0.15, 0.2) is 42.5 Å². The van der Waals surface area contributed by atoms with Crippen LogP contribution in [0.5, 0.6) is 0 Å². The number of hydrogen-bond acceptors (Lipinski definition) is 2. The van der Waals surface area contributed by atoms with Crippen LogP contribution in [0.2, 0.25) is 5.02 Å². The first kappa shape index (κ1) is 14.0. The van der Waals surface area contributed by atoms with Crippen LogP contribution in [0, 0.1) is 5.82 Å². The minimum Gasteiger partial charge on any atom is -0.478 e. The van der Waals surface area contributed by atoms with E-state index in [1.807, 2.05) is 0 Å². The van der Waals surface area contributed by atoms with Gasteiger partial charge in [-0.3, -0.25) is 4.79 Å². The van der Waals surface area contributed by atoms with Crippen LogP contribution in [0.1, 0.15) is 20.7 Å². The number of carbonyl (C=O) groups is 2. The molecule has 2 N–H and O–H groups in total. The molecule has 4 nitrogen and oxygen atoms in total. The summed E-state index contributed by atoms with van der Waals surface area (Å²) in [4.78, 5) is 23.0. The van der Waals surface area contributed by atoms with Crippen molar-refractivity contribution in [3.63, 3.8) is 0 Å². The summed E-state index contributed by atoms with van der Waals surface area (Å²) in [5, 5.41) is 11.7. The van der Waals surface area contributed by atoms with Gasteiger partial charge in [0.2, 0.25) is 0 Å². The first-order valence-corrected chi connectivity index (χ1v) is 5.95. The molecular weight excluding hydrogens is 285 g/mol. The number of carboxylic acid groups (broad SMARTS) is 1. The van der Waals surface area contributed by atoms with E-state index in [1.165, 1.54) is 36.4 Å². The summed E-state index contributed by atoms with van der Waals surface area (Å²) < 4.78 is 13.0. The number of halogens is 2. The van der Waals surface area contributed by atoms with E-state index in [-0.39, 0.29) is 21.8 Å². The Kier molecular flexibility index (Phi) is 4.00. The highest BCUT2D eigenvalue weighted by Crippen LogP contribution is 2.22. The highest BCUT2D eigenvalue weighted by Gasteiger charge is 2.14. The van der Waals surface area contributed by atoms with Gasteiger partial charge in [-0.05, 0) is 36.4 Å². The second kappa shape index (κ2) is 5.71. The number of rotatable bonds is 3. The van der Waals surface area contributed by atoms with Crippen LogP contribution in [0.25, 0.3) is 0 Å². The van der Waals surface area contributed by atoms with E-state index in [2.05, 4.69) is 5.32 Å². The van der Waals surface area contributed by atoms with Gasteiger partial charge in [-0.15, -0.1) is 0 Å². The monoisotopic (exact) mass is 293 g/mol. The van der Waals surface area contributed by atoms with E-state index in [9.17, 15) is 14.0 Å². The number of amides is 1. The molecule has 0 bridgehead atoms. The van der Waals surface area contributed by atoms with Gasteiger partial charge in [0.25, 0.3) is 5.91 Å². The van der Waals surface area contributed by atoms with Gasteiger partial charge in [0.1, 0.15) is 5.82 Å². The summed E-state index contributed by atoms with van der Waals surface area (Å²) in [6.45, 7) is 0. The fraction of sp³-hybridized carbons (Fsp3) is 0. The van der Waals surface area contributed by atoms with Crippen LogP contribution in [-0.4, -0.2) is 17.0 Å². The highest BCUT2D eigenvalue weighted by molar-refractivity contribution is 6.31. The summed E-state index contributed by atoms with van der Waals surface area (Å²) in [7, 11) is 0. The molecule has 0 unspecified atom stereocenters. The third-order valence-corrected chi connectivity index (χ3v) is 2.78. The lowest BCUT2D eigenvalue weighted by Crippen LogP contribution is -2.15. The van der Waals surface area contributed by atoms with E-state index in [0.29, 0.717) is 0 Å². The zero-order chi connectivity index (χ0) is 14.7. The standard InChI is InChI=1S/C14H9ClFNO3/c15-9-4-5-11(14(19)20)12(7-9)17-13(18)8-2-1-3-10(16)6-8/h1-7H,(H,17,18)(H,19,20). The minimum atomic E-state index is -1.20. The van der Waals surface area contributed by atoms with Crippen LogP contribution < -0.4 is 5.32 Å². The van der Waals surface area contributed by atoms with E-state index >= 15 is 0 Å². The molecule has 0 radical (unpaired) electrons. The maximum Gasteiger partial charge on any atom is 0.337 e. The Morgan fingerprint density at radius 3 is 2.55 bits per heavy atom. The Hall–Kier alpha value is -2.40. The van der Waals surface area contributed by atoms with Crippen molar-refractivity contribution in [3.8, 4) is 0 Å². The quantitative estimate of drug-likeness (QED) is 0.911. The molecule has 0 aliphatic carbocycles. The lowest BCUT2D eigenvalue weighted by molar-refractivity contribution is 0.0698. The largest absolute Gasteiger partial charge is 0.478 e. The molecule has 6 heteroatoms. The van der Waals surface area contributed by atoms with Gasteiger partial charge in [-0.1, -0.05) is 17.7 Å². The minimum absolute atomic E-state index is 0.0549. The fourth-order valence-electron chi connectivity index (χ4n) is 1.63. The molecule has 2 rings (SSSR count). The summed E-state index contributed by atoms with van der Waals surface area (Å²) in [5.41, 5.74) is 0.0414. The summed E-state index contributed by atoms with van der Waals surface area (Å²) in [6.07, 6.45) is 0. The molecule has 102 valence electrons. The number of carbonyl (C=O) groups excluding carboxylic acids is 1. The SMILES string of the molecule is O=C(Nc1cc(Cl)ccc1C(=O)O)c1cccc(F)c1. The summed E-state index contributed by atoms with van der Waals surface area (Å²) >= 11 is 5.77. The van der Waals surface area contributed by atoms with Crippen molar-refractivity contribution in [2.75, 3.05) is 5.32 Å². The molecule has 2 aromatic rings. The van der Waals surface area contributed by atoms with E-state index < -0.39 is 17.7 Å². The molecule has 0 spiro atoms. The zero-order valence-corrected chi connectivity index (χ0v) is 10.8. The molecule has 0 fully saturated rings. The maximum absolute atomic E-state index is 13.0. The third-order valence-electron chi connectivity index (χ3n) is 2.55. The normalized spacial score (nSPS) is 10.1. The average Bonchev–Trinajstić information content (AvgIpc) is 2.38. The first-order chi connectivity index (χ1) is 9.47. The Bertz CT molecular complexity index is 688. The third kappa shape index (κ3) is 3.13. The second-order valence-corrected chi connectivity index (χ2v) is 4.40. The van der Waals surface area contributed by atoms with Gasteiger partial charge in [0.05, 0.1) is 11.3 Å². The Balaban J connectivity index is 2.32. The predicted molar refractivity (Wildman–Crippen MR) is 72.8 cm³/mol. The Morgan fingerprint density at radius 1 is 1.15 bits per heavy atom. The van der Waals surface area contributed by atoms with Gasteiger partial charge in [0.15, 0.2) is 0 Å². The molecule has 0 aliphatic rings. The summed E-state index contributed by atoms with van der Waals surface area (Å²) in [6, 6.07) is 9.08. The van der Waals surface area contributed by atoms with Gasteiger partial charge < -0.3 is 10.4 Å². The van der Waals surface area contributed by atoms with Gasteiger partial charge in [0, 0.05) is 10.6 Å². The predicted octanol–water partition coefficient (Wildman–Crippen LogP) is 3.43. The molecule has 0 aliphatic heterocycles. The number of aromatic carboxylic acids is 1. The van der Waals surface area contributed by atoms with Crippen LogP contribution in [-0.2, 0) is 0 Å². The summed E-state index contributed by atoms with van der Waals surface area (Å²) in [5.74, 6) is -2.37. The van der Waals surface area contributed by atoms with Crippen LogP contribution in [0.3, 0.4) is 0 Å².